The van der Waals surface area contributed by atoms with E-state index in [1.165, 1.54) is 0 Å². The molecule has 0 saturated carbocycles. The minimum absolute atomic E-state index is 0.00611. The molecule has 0 spiro atoms. The lowest BCUT2D eigenvalue weighted by atomic mass is 9.86. The normalized spacial score (nSPS) is 30.1. The number of rotatable bonds is 6. The lowest BCUT2D eigenvalue weighted by Crippen LogP contribution is -2.70. The summed E-state index contributed by atoms with van der Waals surface area (Å²) in [5.74, 6) is 0.679. The Morgan fingerprint density at radius 1 is 1.20 bits per heavy atom. The molecule has 1 heterocycles. The molecular weight excluding hydrogens is 252 g/mol. The summed E-state index contributed by atoms with van der Waals surface area (Å²) in [7, 11) is 0. The first kappa shape index (κ1) is 17.0. The molecule has 1 fully saturated rings. The maximum atomic E-state index is 12.8. The SMILES string of the molecule is CCC(C)CN1C(=O)C(C)(CC)NC(=O)C1C(C)CC. The summed E-state index contributed by atoms with van der Waals surface area (Å²) in [6.45, 7) is 12.8. The first-order chi connectivity index (χ1) is 9.30. The zero-order valence-corrected chi connectivity index (χ0v) is 13.8. The molecule has 1 aliphatic rings. The van der Waals surface area contributed by atoms with E-state index < -0.39 is 5.54 Å². The molecule has 0 aliphatic carbocycles. The molecule has 4 heteroatoms. The molecule has 1 rings (SSSR count). The minimum atomic E-state index is -0.742. The summed E-state index contributed by atoms with van der Waals surface area (Å²) in [4.78, 5) is 27.1. The van der Waals surface area contributed by atoms with Crippen LogP contribution in [0.5, 0.6) is 0 Å². The average molecular weight is 282 g/mol. The number of hydrogen-bond acceptors (Lipinski definition) is 2. The van der Waals surface area contributed by atoms with Crippen molar-refractivity contribution in [3.05, 3.63) is 0 Å². The Kier molecular flexibility index (Phi) is 5.60. The van der Waals surface area contributed by atoms with Gasteiger partial charge in [0.1, 0.15) is 11.6 Å². The van der Waals surface area contributed by atoms with Crippen LogP contribution in [0.25, 0.3) is 0 Å². The molecule has 1 saturated heterocycles. The van der Waals surface area contributed by atoms with E-state index in [9.17, 15) is 9.59 Å². The van der Waals surface area contributed by atoms with Gasteiger partial charge in [0, 0.05) is 6.54 Å². The highest BCUT2D eigenvalue weighted by molar-refractivity contribution is 5.99. The maximum absolute atomic E-state index is 12.8. The van der Waals surface area contributed by atoms with E-state index in [1.54, 1.807) is 0 Å². The van der Waals surface area contributed by atoms with Crippen LogP contribution >= 0.6 is 0 Å². The second-order valence-corrected chi connectivity index (χ2v) is 6.48. The Hall–Kier alpha value is -1.06. The van der Waals surface area contributed by atoms with E-state index in [0.29, 0.717) is 18.9 Å². The Morgan fingerprint density at radius 2 is 1.80 bits per heavy atom. The Labute approximate surface area is 123 Å². The second-order valence-electron chi connectivity index (χ2n) is 6.48. The monoisotopic (exact) mass is 282 g/mol. The standard InChI is InChI=1S/C16H30N2O2/c1-7-11(4)10-18-13(12(5)8-2)14(19)17-16(6,9-3)15(18)20/h11-13H,7-10H2,1-6H3,(H,17,19). The number of hydrogen-bond donors (Lipinski definition) is 1. The molecule has 0 aromatic carbocycles. The number of carbonyl (C=O) groups is 2. The zero-order valence-electron chi connectivity index (χ0n) is 13.8. The fourth-order valence-electron chi connectivity index (χ4n) is 2.67. The van der Waals surface area contributed by atoms with Gasteiger partial charge in [-0.05, 0) is 25.2 Å². The highest BCUT2D eigenvalue weighted by Crippen LogP contribution is 2.27. The lowest BCUT2D eigenvalue weighted by molar-refractivity contribution is -0.157. The predicted octanol–water partition coefficient (Wildman–Crippen LogP) is 2.57. The molecule has 4 unspecified atom stereocenters. The van der Waals surface area contributed by atoms with Gasteiger partial charge >= 0.3 is 0 Å². The third-order valence-electron chi connectivity index (χ3n) is 4.83. The van der Waals surface area contributed by atoms with Crippen LogP contribution in [0.4, 0.5) is 0 Å². The number of carbonyl (C=O) groups excluding carboxylic acids is 2. The van der Waals surface area contributed by atoms with Crippen molar-refractivity contribution in [1.29, 1.82) is 0 Å². The molecule has 2 amide bonds. The molecule has 0 aromatic heterocycles. The van der Waals surface area contributed by atoms with Gasteiger partial charge in [-0.1, -0.05) is 47.5 Å². The number of nitrogens with one attached hydrogen (secondary N) is 1. The van der Waals surface area contributed by atoms with Crippen molar-refractivity contribution in [3.8, 4) is 0 Å². The van der Waals surface area contributed by atoms with E-state index in [2.05, 4.69) is 33.0 Å². The van der Waals surface area contributed by atoms with Crippen molar-refractivity contribution in [3.63, 3.8) is 0 Å². The van der Waals surface area contributed by atoms with E-state index >= 15 is 0 Å². The molecule has 1 aliphatic heterocycles. The third kappa shape index (κ3) is 3.15. The summed E-state index contributed by atoms with van der Waals surface area (Å²) in [6, 6.07) is -0.318. The highest BCUT2D eigenvalue weighted by Gasteiger charge is 2.48. The van der Waals surface area contributed by atoms with Crippen molar-refractivity contribution in [2.24, 2.45) is 11.8 Å². The fraction of sp³-hybridized carbons (Fsp3) is 0.875. The topological polar surface area (TPSA) is 49.4 Å². The van der Waals surface area contributed by atoms with Gasteiger partial charge in [0.15, 0.2) is 0 Å². The number of piperazine rings is 1. The molecule has 4 atom stereocenters. The molecule has 4 nitrogen and oxygen atoms in total. The molecule has 1 N–H and O–H groups in total. The maximum Gasteiger partial charge on any atom is 0.248 e. The van der Waals surface area contributed by atoms with Crippen LogP contribution in [-0.4, -0.2) is 34.8 Å². The van der Waals surface area contributed by atoms with Crippen LogP contribution in [0.3, 0.4) is 0 Å². The van der Waals surface area contributed by atoms with Gasteiger partial charge in [-0.3, -0.25) is 9.59 Å². The quantitative estimate of drug-likeness (QED) is 0.814. The molecule has 20 heavy (non-hydrogen) atoms. The van der Waals surface area contributed by atoms with Crippen LogP contribution in [0.1, 0.15) is 60.8 Å². The van der Waals surface area contributed by atoms with E-state index in [1.807, 2.05) is 18.7 Å². The highest BCUT2D eigenvalue weighted by atomic mass is 16.2. The first-order valence-corrected chi connectivity index (χ1v) is 7.93. The van der Waals surface area contributed by atoms with Crippen LogP contribution in [-0.2, 0) is 9.59 Å². The van der Waals surface area contributed by atoms with Crippen molar-refractivity contribution in [2.45, 2.75) is 72.4 Å². The molecular formula is C16H30N2O2. The van der Waals surface area contributed by atoms with Gasteiger partial charge in [-0.2, -0.15) is 0 Å². The zero-order chi connectivity index (χ0) is 15.5. The fourth-order valence-corrected chi connectivity index (χ4v) is 2.67. The van der Waals surface area contributed by atoms with Crippen LogP contribution < -0.4 is 5.32 Å². The van der Waals surface area contributed by atoms with Gasteiger partial charge in [0.05, 0.1) is 0 Å². The Morgan fingerprint density at radius 3 is 2.25 bits per heavy atom. The minimum Gasteiger partial charge on any atom is -0.340 e. The van der Waals surface area contributed by atoms with Gasteiger partial charge in [-0.15, -0.1) is 0 Å². The summed E-state index contributed by atoms with van der Waals surface area (Å²) in [5, 5.41) is 2.95. The first-order valence-electron chi connectivity index (χ1n) is 7.93. The van der Waals surface area contributed by atoms with Gasteiger partial charge in [-0.25, -0.2) is 0 Å². The molecule has 0 radical (unpaired) electrons. The predicted molar refractivity (Wildman–Crippen MR) is 81.2 cm³/mol. The number of amides is 2. The third-order valence-corrected chi connectivity index (χ3v) is 4.83. The molecule has 0 bridgehead atoms. The van der Waals surface area contributed by atoms with Crippen LogP contribution in [0.15, 0.2) is 0 Å². The van der Waals surface area contributed by atoms with Gasteiger partial charge < -0.3 is 10.2 Å². The smallest absolute Gasteiger partial charge is 0.248 e. The van der Waals surface area contributed by atoms with Gasteiger partial charge in [0.25, 0.3) is 0 Å². The van der Waals surface area contributed by atoms with Crippen molar-refractivity contribution < 1.29 is 9.59 Å². The van der Waals surface area contributed by atoms with E-state index in [0.717, 1.165) is 12.8 Å². The number of nitrogens with zero attached hydrogens (tertiary/aromatic N) is 1. The van der Waals surface area contributed by atoms with E-state index in [4.69, 9.17) is 0 Å². The summed E-state index contributed by atoms with van der Waals surface area (Å²) >= 11 is 0. The van der Waals surface area contributed by atoms with E-state index in [-0.39, 0.29) is 23.8 Å². The summed E-state index contributed by atoms with van der Waals surface area (Å²) < 4.78 is 0. The molecule has 0 aromatic rings. The average Bonchev–Trinajstić information content (AvgIpc) is 2.43. The lowest BCUT2D eigenvalue weighted by Gasteiger charge is -2.46. The van der Waals surface area contributed by atoms with Gasteiger partial charge in [0.2, 0.25) is 11.8 Å². The van der Waals surface area contributed by atoms with Crippen molar-refractivity contribution in [1.82, 2.24) is 10.2 Å². The second kappa shape index (κ2) is 6.59. The summed E-state index contributed by atoms with van der Waals surface area (Å²) in [5.41, 5.74) is -0.742. The largest absolute Gasteiger partial charge is 0.340 e. The Balaban J connectivity index is 3.10. The molecule has 116 valence electrons. The Bertz CT molecular complexity index is 369. The van der Waals surface area contributed by atoms with Crippen molar-refractivity contribution in [2.75, 3.05) is 6.54 Å². The van der Waals surface area contributed by atoms with Crippen LogP contribution in [0, 0.1) is 11.8 Å². The summed E-state index contributed by atoms with van der Waals surface area (Å²) in [6.07, 6.45) is 2.54. The van der Waals surface area contributed by atoms with Crippen molar-refractivity contribution >= 4 is 11.8 Å². The van der Waals surface area contributed by atoms with Crippen LogP contribution in [0.2, 0.25) is 0 Å².